The molecule has 0 unspecified atom stereocenters. The summed E-state index contributed by atoms with van der Waals surface area (Å²) < 4.78 is 0. The molecule has 0 aliphatic rings. The van der Waals surface area contributed by atoms with E-state index in [9.17, 15) is 4.79 Å². The van der Waals surface area contributed by atoms with E-state index in [-0.39, 0.29) is 0 Å². The highest BCUT2D eigenvalue weighted by molar-refractivity contribution is 7.08. The average Bonchev–Trinajstić information content (AvgIpc) is 3.18. The van der Waals surface area contributed by atoms with Crippen LogP contribution in [0.1, 0.15) is 28.5 Å². The lowest BCUT2D eigenvalue weighted by molar-refractivity contribution is 0.100. The molecule has 0 saturated heterocycles. The summed E-state index contributed by atoms with van der Waals surface area (Å²) in [7, 11) is 0. The molecule has 2 aromatic heterocycles. The van der Waals surface area contributed by atoms with Crippen LogP contribution in [-0.2, 0) is 12.8 Å². The number of allylic oxidation sites excluding steroid dienone is 1. The predicted molar refractivity (Wildman–Crippen MR) is 107 cm³/mol. The van der Waals surface area contributed by atoms with Crippen LogP contribution in [-0.4, -0.2) is 15.9 Å². The standard InChI is InChI=1S/C20H20N4OS/c1-3-5-16-17(4-2)23-19(14-10-11-26-12-14)24-20(16)22-15-8-6-13(7-9-15)18(21)25/h3,6-12H,1,4-5H2,2H3,(H2,21,25)(H,22,23,24). The molecule has 0 saturated carbocycles. The Morgan fingerprint density at radius 2 is 2.04 bits per heavy atom. The third-order valence-corrected chi connectivity index (χ3v) is 4.67. The monoisotopic (exact) mass is 364 g/mol. The van der Waals surface area contributed by atoms with E-state index in [0.717, 1.165) is 34.7 Å². The number of rotatable bonds is 7. The third-order valence-electron chi connectivity index (χ3n) is 3.99. The van der Waals surface area contributed by atoms with Crippen molar-refractivity contribution in [3.8, 4) is 11.4 Å². The first-order chi connectivity index (χ1) is 12.6. The minimum Gasteiger partial charge on any atom is -0.366 e. The summed E-state index contributed by atoms with van der Waals surface area (Å²) in [5.74, 6) is 1.01. The lowest BCUT2D eigenvalue weighted by Crippen LogP contribution is -2.11. The van der Waals surface area contributed by atoms with Gasteiger partial charge in [-0.3, -0.25) is 4.79 Å². The van der Waals surface area contributed by atoms with E-state index in [4.69, 9.17) is 15.7 Å². The van der Waals surface area contributed by atoms with Gasteiger partial charge in [-0.1, -0.05) is 13.0 Å². The third kappa shape index (κ3) is 3.81. The minimum absolute atomic E-state index is 0.445. The van der Waals surface area contributed by atoms with E-state index >= 15 is 0 Å². The smallest absolute Gasteiger partial charge is 0.248 e. The fraction of sp³-hybridized carbons (Fsp3) is 0.150. The molecule has 0 bridgehead atoms. The van der Waals surface area contributed by atoms with E-state index in [1.165, 1.54) is 0 Å². The molecule has 0 atom stereocenters. The van der Waals surface area contributed by atoms with Crippen molar-refractivity contribution < 1.29 is 4.79 Å². The van der Waals surface area contributed by atoms with Crippen LogP contribution in [0.2, 0.25) is 0 Å². The van der Waals surface area contributed by atoms with Gasteiger partial charge in [0.05, 0.1) is 0 Å². The molecule has 6 heteroatoms. The Balaban J connectivity index is 2.03. The second-order valence-corrected chi connectivity index (χ2v) is 6.53. The molecule has 132 valence electrons. The van der Waals surface area contributed by atoms with E-state index in [1.807, 2.05) is 35.0 Å². The van der Waals surface area contributed by atoms with Crippen molar-refractivity contribution in [3.05, 3.63) is 70.6 Å². The normalized spacial score (nSPS) is 10.5. The summed E-state index contributed by atoms with van der Waals surface area (Å²) in [5, 5.41) is 7.40. The zero-order valence-electron chi connectivity index (χ0n) is 14.5. The number of amides is 1. The van der Waals surface area contributed by atoms with Crippen LogP contribution in [0.25, 0.3) is 11.4 Å². The average molecular weight is 364 g/mol. The number of aromatic nitrogens is 2. The fourth-order valence-electron chi connectivity index (χ4n) is 2.66. The van der Waals surface area contributed by atoms with Crippen molar-refractivity contribution >= 4 is 28.7 Å². The van der Waals surface area contributed by atoms with Crippen molar-refractivity contribution in [2.24, 2.45) is 5.73 Å². The van der Waals surface area contributed by atoms with Gasteiger partial charge in [-0.05, 0) is 48.6 Å². The lowest BCUT2D eigenvalue weighted by Gasteiger charge is -2.15. The summed E-state index contributed by atoms with van der Waals surface area (Å²) in [4.78, 5) is 20.7. The molecule has 1 aromatic carbocycles. The van der Waals surface area contributed by atoms with E-state index in [0.29, 0.717) is 17.8 Å². The number of primary amides is 1. The van der Waals surface area contributed by atoms with Crippen LogP contribution >= 0.6 is 11.3 Å². The lowest BCUT2D eigenvalue weighted by atomic mass is 10.1. The molecule has 0 aliphatic carbocycles. The number of aryl methyl sites for hydroxylation is 1. The molecule has 26 heavy (non-hydrogen) atoms. The number of nitrogens with one attached hydrogen (secondary N) is 1. The maximum absolute atomic E-state index is 11.2. The molecule has 0 fully saturated rings. The summed E-state index contributed by atoms with van der Waals surface area (Å²) in [6.45, 7) is 5.93. The Morgan fingerprint density at radius 3 is 2.62 bits per heavy atom. The van der Waals surface area contributed by atoms with Crippen LogP contribution in [0.4, 0.5) is 11.5 Å². The quantitative estimate of drug-likeness (QED) is 0.611. The van der Waals surface area contributed by atoms with Crippen LogP contribution in [0, 0.1) is 0 Å². The number of benzene rings is 1. The van der Waals surface area contributed by atoms with Gasteiger partial charge < -0.3 is 11.1 Å². The molecule has 0 spiro atoms. The number of nitrogens with two attached hydrogens (primary N) is 1. The summed E-state index contributed by atoms with van der Waals surface area (Å²) in [6.07, 6.45) is 3.33. The topological polar surface area (TPSA) is 80.9 Å². The second-order valence-electron chi connectivity index (χ2n) is 5.75. The Morgan fingerprint density at radius 1 is 1.27 bits per heavy atom. The number of carbonyl (C=O) groups is 1. The first-order valence-corrected chi connectivity index (χ1v) is 9.26. The molecule has 2 heterocycles. The molecule has 3 aromatic rings. The van der Waals surface area contributed by atoms with Gasteiger partial charge in [-0.25, -0.2) is 9.97 Å². The molecule has 3 rings (SSSR count). The molecule has 0 aliphatic heterocycles. The number of nitrogens with zero attached hydrogens (tertiary/aromatic N) is 2. The van der Waals surface area contributed by atoms with Crippen LogP contribution in [0.5, 0.6) is 0 Å². The van der Waals surface area contributed by atoms with Crippen molar-refractivity contribution in [1.29, 1.82) is 0 Å². The van der Waals surface area contributed by atoms with Gasteiger partial charge in [0, 0.05) is 33.5 Å². The number of hydrogen-bond donors (Lipinski definition) is 2. The first-order valence-electron chi connectivity index (χ1n) is 8.32. The number of hydrogen-bond acceptors (Lipinski definition) is 5. The molecule has 0 radical (unpaired) electrons. The van der Waals surface area contributed by atoms with Gasteiger partial charge in [-0.15, -0.1) is 6.58 Å². The van der Waals surface area contributed by atoms with Crippen LogP contribution < -0.4 is 11.1 Å². The Labute approximate surface area is 156 Å². The molecule has 5 nitrogen and oxygen atoms in total. The maximum Gasteiger partial charge on any atom is 0.248 e. The van der Waals surface area contributed by atoms with E-state index in [2.05, 4.69) is 18.8 Å². The van der Waals surface area contributed by atoms with Gasteiger partial charge in [0.2, 0.25) is 5.91 Å². The zero-order chi connectivity index (χ0) is 18.5. The summed E-state index contributed by atoms with van der Waals surface area (Å²) >= 11 is 1.62. The molecular weight excluding hydrogens is 344 g/mol. The summed E-state index contributed by atoms with van der Waals surface area (Å²) in [6, 6.07) is 9.03. The van der Waals surface area contributed by atoms with Crippen molar-refractivity contribution in [1.82, 2.24) is 9.97 Å². The number of anilines is 2. The number of carbonyl (C=O) groups excluding carboxylic acids is 1. The van der Waals surface area contributed by atoms with E-state index in [1.54, 1.807) is 23.5 Å². The Bertz CT molecular complexity index is 918. The Kier molecular flexibility index (Phi) is 5.43. The van der Waals surface area contributed by atoms with Gasteiger partial charge in [0.25, 0.3) is 0 Å². The van der Waals surface area contributed by atoms with Gasteiger partial charge in [0.15, 0.2) is 5.82 Å². The first kappa shape index (κ1) is 17.8. The van der Waals surface area contributed by atoms with Gasteiger partial charge in [0.1, 0.15) is 5.82 Å². The molecular formula is C20H20N4OS. The maximum atomic E-state index is 11.2. The highest BCUT2D eigenvalue weighted by Crippen LogP contribution is 2.27. The van der Waals surface area contributed by atoms with Gasteiger partial charge in [-0.2, -0.15) is 11.3 Å². The van der Waals surface area contributed by atoms with Crippen molar-refractivity contribution in [2.75, 3.05) is 5.32 Å². The van der Waals surface area contributed by atoms with Crippen molar-refractivity contribution in [3.63, 3.8) is 0 Å². The molecule has 3 N–H and O–H groups in total. The van der Waals surface area contributed by atoms with Crippen LogP contribution in [0.3, 0.4) is 0 Å². The SMILES string of the molecule is C=CCc1c(CC)nc(-c2ccsc2)nc1Nc1ccc(C(N)=O)cc1. The summed E-state index contributed by atoms with van der Waals surface area (Å²) in [5.41, 5.74) is 9.63. The zero-order valence-corrected chi connectivity index (χ0v) is 15.3. The van der Waals surface area contributed by atoms with Gasteiger partial charge >= 0.3 is 0 Å². The number of thiophene rings is 1. The van der Waals surface area contributed by atoms with E-state index < -0.39 is 5.91 Å². The fourth-order valence-corrected chi connectivity index (χ4v) is 3.29. The Hall–Kier alpha value is -2.99. The molecule has 1 amide bonds. The second kappa shape index (κ2) is 7.93. The highest BCUT2D eigenvalue weighted by Gasteiger charge is 2.14. The van der Waals surface area contributed by atoms with Crippen LogP contribution in [0.15, 0.2) is 53.7 Å². The highest BCUT2D eigenvalue weighted by atomic mass is 32.1. The predicted octanol–water partition coefficient (Wildman–Crippen LogP) is 4.34. The van der Waals surface area contributed by atoms with Crippen molar-refractivity contribution in [2.45, 2.75) is 19.8 Å². The largest absolute Gasteiger partial charge is 0.366 e. The minimum atomic E-state index is -0.445.